The van der Waals surface area contributed by atoms with Crippen LogP contribution in [-0.2, 0) is 24.4 Å². The van der Waals surface area contributed by atoms with Crippen molar-refractivity contribution >= 4 is 6.03 Å². The number of carbonyl (C=O) groups is 1. The summed E-state index contributed by atoms with van der Waals surface area (Å²) < 4.78 is 7.56. The van der Waals surface area contributed by atoms with E-state index < -0.39 is 0 Å². The fraction of sp³-hybridized carbons (Fsp3) is 0.786. The zero-order valence-electron chi connectivity index (χ0n) is 13.9. The van der Waals surface area contributed by atoms with E-state index in [1.54, 1.807) is 19.0 Å². The molecule has 0 fully saturated rings. The highest BCUT2D eigenvalue weighted by Crippen LogP contribution is 2.16. The molecule has 2 heterocycles. The zero-order valence-corrected chi connectivity index (χ0v) is 13.9. The minimum Gasteiger partial charge on any atom is -0.374 e. The Bertz CT molecular complexity index is 500. The Balaban J connectivity index is 2.01. The summed E-state index contributed by atoms with van der Waals surface area (Å²) in [6, 6.07) is 0.0223. The predicted octanol–water partition coefficient (Wildman–Crippen LogP) is 0.244. The van der Waals surface area contributed by atoms with Gasteiger partial charge in [-0.3, -0.25) is 0 Å². The standard InChI is InChI=1S/C14H26N6O2/c1-17(2)8-9-22-11-12-13-10-19(14(21)18(3)4)6-5-7-20(13)16-15-12/h5-11H2,1-4H3. The van der Waals surface area contributed by atoms with Crippen molar-refractivity contribution < 1.29 is 9.53 Å². The summed E-state index contributed by atoms with van der Waals surface area (Å²) in [6.07, 6.45) is 0.886. The van der Waals surface area contributed by atoms with E-state index in [9.17, 15) is 4.79 Å². The van der Waals surface area contributed by atoms with Crippen molar-refractivity contribution in [1.29, 1.82) is 0 Å². The van der Waals surface area contributed by atoms with Crippen LogP contribution in [0.25, 0.3) is 0 Å². The van der Waals surface area contributed by atoms with Crippen LogP contribution in [0, 0.1) is 0 Å². The minimum atomic E-state index is 0.0223. The molecule has 0 aromatic carbocycles. The van der Waals surface area contributed by atoms with Gasteiger partial charge in [-0.1, -0.05) is 5.21 Å². The minimum absolute atomic E-state index is 0.0223. The molecule has 2 rings (SSSR count). The van der Waals surface area contributed by atoms with E-state index in [-0.39, 0.29) is 6.03 Å². The molecule has 22 heavy (non-hydrogen) atoms. The van der Waals surface area contributed by atoms with Crippen LogP contribution in [0.1, 0.15) is 17.8 Å². The summed E-state index contributed by atoms with van der Waals surface area (Å²) in [4.78, 5) is 17.7. The SMILES string of the molecule is CN(C)CCOCc1nnn2c1CN(C(=O)N(C)C)CCC2. The Morgan fingerprint density at radius 1 is 1.27 bits per heavy atom. The summed E-state index contributed by atoms with van der Waals surface area (Å²) in [5, 5.41) is 8.41. The van der Waals surface area contributed by atoms with Gasteiger partial charge < -0.3 is 19.4 Å². The van der Waals surface area contributed by atoms with Crippen LogP contribution in [0.3, 0.4) is 0 Å². The number of aromatic nitrogens is 3. The van der Waals surface area contributed by atoms with Crippen molar-refractivity contribution in [1.82, 2.24) is 29.7 Å². The molecule has 0 bridgehead atoms. The third-order valence-corrected chi connectivity index (χ3v) is 3.63. The van der Waals surface area contributed by atoms with E-state index in [1.807, 2.05) is 23.7 Å². The van der Waals surface area contributed by atoms with Crippen molar-refractivity contribution in [3.05, 3.63) is 11.4 Å². The number of aryl methyl sites for hydroxylation is 1. The largest absolute Gasteiger partial charge is 0.374 e. The number of carbonyl (C=O) groups excluding carboxylic acids is 1. The number of fused-ring (bicyclic) bond motifs is 1. The molecule has 0 unspecified atom stereocenters. The van der Waals surface area contributed by atoms with Gasteiger partial charge in [0.2, 0.25) is 0 Å². The van der Waals surface area contributed by atoms with E-state index in [1.165, 1.54) is 0 Å². The summed E-state index contributed by atoms with van der Waals surface area (Å²) in [6.45, 7) is 4.02. The molecular formula is C14H26N6O2. The Labute approximate surface area is 131 Å². The Kier molecular flexibility index (Phi) is 5.73. The van der Waals surface area contributed by atoms with Gasteiger partial charge in [-0.2, -0.15) is 0 Å². The third-order valence-electron chi connectivity index (χ3n) is 3.63. The maximum Gasteiger partial charge on any atom is 0.319 e. The number of hydrogen-bond donors (Lipinski definition) is 0. The lowest BCUT2D eigenvalue weighted by Crippen LogP contribution is -2.39. The van der Waals surface area contributed by atoms with Gasteiger partial charge in [0.1, 0.15) is 5.69 Å². The molecule has 0 aliphatic carbocycles. The number of hydrogen-bond acceptors (Lipinski definition) is 5. The molecule has 0 N–H and O–H groups in total. The molecule has 8 nitrogen and oxygen atoms in total. The van der Waals surface area contributed by atoms with Crippen LogP contribution in [0.2, 0.25) is 0 Å². The lowest BCUT2D eigenvalue weighted by atomic mass is 10.3. The second-order valence-corrected chi connectivity index (χ2v) is 6.01. The van der Waals surface area contributed by atoms with E-state index in [2.05, 4.69) is 15.2 Å². The molecular weight excluding hydrogens is 284 g/mol. The van der Waals surface area contributed by atoms with Crippen molar-refractivity contribution in [2.24, 2.45) is 0 Å². The molecule has 2 amide bonds. The van der Waals surface area contributed by atoms with E-state index >= 15 is 0 Å². The monoisotopic (exact) mass is 310 g/mol. The van der Waals surface area contributed by atoms with E-state index in [0.29, 0.717) is 19.8 Å². The fourth-order valence-electron chi connectivity index (χ4n) is 2.37. The molecule has 1 aliphatic rings. The highest BCUT2D eigenvalue weighted by molar-refractivity contribution is 5.73. The van der Waals surface area contributed by atoms with Crippen LogP contribution >= 0.6 is 0 Å². The van der Waals surface area contributed by atoms with Gasteiger partial charge in [0, 0.05) is 33.7 Å². The average molecular weight is 310 g/mol. The number of ether oxygens (including phenoxy) is 1. The van der Waals surface area contributed by atoms with Crippen molar-refractivity contribution in [3.8, 4) is 0 Å². The van der Waals surface area contributed by atoms with Gasteiger partial charge in [-0.05, 0) is 20.5 Å². The van der Waals surface area contributed by atoms with Gasteiger partial charge in [0.15, 0.2) is 0 Å². The van der Waals surface area contributed by atoms with Gasteiger partial charge in [-0.15, -0.1) is 5.10 Å². The van der Waals surface area contributed by atoms with E-state index in [0.717, 1.165) is 37.4 Å². The normalized spacial score (nSPS) is 14.9. The van der Waals surface area contributed by atoms with Crippen LogP contribution in [0.4, 0.5) is 4.79 Å². The van der Waals surface area contributed by atoms with Gasteiger partial charge in [0.05, 0.1) is 25.5 Å². The highest BCUT2D eigenvalue weighted by Gasteiger charge is 2.24. The van der Waals surface area contributed by atoms with Crippen molar-refractivity contribution in [2.45, 2.75) is 26.1 Å². The first-order chi connectivity index (χ1) is 10.5. The van der Waals surface area contributed by atoms with Crippen LogP contribution < -0.4 is 0 Å². The topological polar surface area (TPSA) is 66.7 Å². The highest BCUT2D eigenvalue weighted by atomic mass is 16.5. The second kappa shape index (κ2) is 7.55. The second-order valence-electron chi connectivity index (χ2n) is 6.01. The Morgan fingerprint density at radius 3 is 2.73 bits per heavy atom. The first kappa shape index (κ1) is 16.7. The number of urea groups is 1. The third kappa shape index (κ3) is 4.17. The quantitative estimate of drug-likeness (QED) is 0.729. The molecule has 0 spiro atoms. The number of likely N-dealkylation sites (N-methyl/N-ethyl adjacent to an activating group) is 1. The summed E-state index contributed by atoms with van der Waals surface area (Å²) in [5.74, 6) is 0. The van der Waals surface area contributed by atoms with Gasteiger partial charge in [0.25, 0.3) is 0 Å². The van der Waals surface area contributed by atoms with Gasteiger partial charge in [-0.25, -0.2) is 9.48 Å². The lowest BCUT2D eigenvalue weighted by molar-refractivity contribution is 0.102. The lowest BCUT2D eigenvalue weighted by Gasteiger charge is -2.24. The molecule has 1 aromatic heterocycles. The molecule has 1 aliphatic heterocycles. The number of nitrogens with zero attached hydrogens (tertiary/aromatic N) is 6. The first-order valence-corrected chi connectivity index (χ1v) is 7.59. The maximum atomic E-state index is 12.2. The van der Waals surface area contributed by atoms with Gasteiger partial charge >= 0.3 is 6.03 Å². The molecule has 0 atom stereocenters. The Hall–Kier alpha value is -1.67. The van der Waals surface area contributed by atoms with E-state index in [4.69, 9.17) is 4.74 Å². The Morgan fingerprint density at radius 2 is 2.05 bits per heavy atom. The van der Waals surface area contributed by atoms with Crippen molar-refractivity contribution in [2.75, 3.05) is 47.9 Å². The summed E-state index contributed by atoms with van der Waals surface area (Å²) in [5.41, 5.74) is 1.81. The molecule has 0 radical (unpaired) electrons. The molecule has 8 heteroatoms. The fourth-order valence-corrected chi connectivity index (χ4v) is 2.37. The molecule has 124 valence electrons. The zero-order chi connectivity index (χ0) is 16.1. The molecule has 1 aromatic rings. The number of amides is 2. The summed E-state index contributed by atoms with van der Waals surface area (Å²) >= 11 is 0. The smallest absolute Gasteiger partial charge is 0.319 e. The van der Waals surface area contributed by atoms with Crippen molar-refractivity contribution in [3.63, 3.8) is 0 Å². The van der Waals surface area contributed by atoms with Crippen LogP contribution in [0.5, 0.6) is 0 Å². The predicted molar refractivity (Wildman–Crippen MR) is 82.3 cm³/mol. The average Bonchev–Trinajstić information content (AvgIpc) is 2.71. The summed E-state index contributed by atoms with van der Waals surface area (Å²) in [7, 11) is 7.57. The number of rotatable bonds is 5. The van der Waals surface area contributed by atoms with Crippen LogP contribution in [-0.4, -0.2) is 83.6 Å². The maximum absolute atomic E-state index is 12.2. The molecule has 0 saturated heterocycles. The first-order valence-electron chi connectivity index (χ1n) is 7.59. The molecule has 0 saturated carbocycles. The van der Waals surface area contributed by atoms with Crippen LogP contribution in [0.15, 0.2) is 0 Å².